The fraction of sp³-hybridized carbons (Fsp3) is 0.400. The lowest BCUT2D eigenvalue weighted by molar-refractivity contribution is -0.0883. The highest BCUT2D eigenvalue weighted by Gasteiger charge is 2.33. The fourth-order valence-electron chi connectivity index (χ4n) is 4.58. The van der Waals surface area contributed by atoms with Gasteiger partial charge in [0.25, 0.3) is 0 Å². The number of halogens is 3. The topological polar surface area (TPSA) is 100 Å². The molecule has 1 aliphatic heterocycles. The van der Waals surface area contributed by atoms with Crippen LogP contribution >= 0.6 is 0 Å². The van der Waals surface area contributed by atoms with Gasteiger partial charge in [0.1, 0.15) is 23.8 Å². The molecule has 2 aromatic rings. The third-order valence-electron chi connectivity index (χ3n) is 6.38. The van der Waals surface area contributed by atoms with Gasteiger partial charge in [0.15, 0.2) is 0 Å². The second-order valence-corrected chi connectivity index (χ2v) is 9.16. The number of nitrogens with zero attached hydrogens (tertiary/aromatic N) is 6. The number of aromatic nitrogens is 3. The maximum atomic E-state index is 13.2. The Kier molecular flexibility index (Phi) is 7.60. The predicted octanol–water partition coefficient (Wildman–Crippen LogP) is 3.13. The van der Waals surface area contributed by atoms with Gasteiger partial charge in [0, 0.05) is 50.5 Å². The van der Waals surface area contributed by atoms with Crippen LogP contribution in [0.15, 0.2) is 60.1 Å². The summed E-state index contributed by atoms with van der Waals surface area (Å²) in [4.78, 5) is 19.4. The van der Waals surface area contributed by atoms with Crippen LogP contribution in [-0.4, -0.2) is 83.8 Å². The van der Waals surface area contributed by atoms with Crippen molar-refractivity contribution in [2.24, 2.45) is 0 Å². The average Bonchev–Trinajstić information content (AvgIpc) is 3.10. The molecule has 0 amide bonds. The van der Waals surface area contributed by atoms with Crippen molar-refractivity contribution in [1.29, 1.82) is 0 Å². The van der Waals surface area contributed by atoms with Gasteiger partial charge in [-0.05, 0) is 38.2 Å². The third-order valence-corrected chi connectivity index (χ3v) is 6.38. The number of anilines is 3. The normalized spacial score (nSPS) is 18.1. The van der Waals surface area contributed by atoms with E-state index in [0.717, 1.165) is 17.0 Å². The molecule has 0 bridgehead atoms. The molecule has 0 aromatic carbocycles. The summed E-state index contributed by atoms with van der Waals surface area (Å²) in [6.07, 6.45) is 4.95. The number of nitrogens with two attached hydrogens (primary N) is 2. The van der Waals surface area contributed by atoms with Gasteiger partial charge >= 0.3 is 6.18 Å². The average molecular weight is 501 g/mol. The second-order valence-electron chi connectivity index (χ2n) is 9.16. The smallest absolute Gasteiger partial charge is 0.384 e. The maximum Gasteiger partial charge on any atom is 0.416 e. The van der Waals surface area contributed by atoms with Crippen LogP contribution in [0, 0.1) is 0 Å². The highest BCUT2D eigenvalue weighted by molar-refractivity contribution is 5.83. The molecule has 4 N–H and O–H groups in total. The largest absolute Gasteiger partial charge is 0.416 e. The van der Waals surface area contributed by atoms with Crippen LogP contribution in [-0.2, 0) is 0 Å². The first-order valence-corrected chi connectivity index (χ1v) is 11.7. The molecule has 1 saturated heterocycles. The van der Waals surface area contributed by atoms with Gasteiger partial charge in [0.05, 0.1) is 11.1 Å². The lowest BCUT2D eigenvalue weighted by Gasteiger charge is -2.41. The first kappa shape index (κ1) is 25.6. The number of piperazine rings is 1. The Labute approximate surface area is 208 Å². The number of pyridine rings is 1. The van der Waals surface area contributed by atoms with Crippen molar-refractivity contribution in [3.05, 3.63) is 60.1 Å². The van der Waals surface area contributed by atoms with E-state index >= 15 is 0 Å². The SMILES string of the molecule is CN(C)CC(C1=CCC=C(C(F)(F)F)C=C1)N1CCN(c2ncnc(N)c2-c2ccc(N)nc2)CC1. The molecule has 1 aliphatic carbocycles. The number of likely N-dealkylation sites (N-methyl/N-ethyl adjacent to an activating group) is 1. The molecule has 4 rings (SSSR count). The van der Waals surface area contributed by atoms with Crippen molar-refractivity contribution >= 4 is 17.5 Å². The number of alkyl halides is 3. The quantitative estimate of drug-likeness (QED) is 0.624. The Bertz CT molecular complexity index is 1150. The molecule has 11 heteroatoms. The van der Waals surface area contributed by atoms with E-state index in [1.54, 1.807) is 18.3 Å². The van der Waals surface area contributed by atoms with E-state index in [2.05, 4.69) is 29.7 Å². The molecular weight excluding hydrogens is 469 g/mol. The highest BCUT2D eigenvalue weighted by atomic mass is 19.4. The van der Waals surface area contributed by atoms with Crippen LogP contribution in [0.4, 0.5) is 30.6 Å². The lowest BCUT2D eigenvalue weighted by Crippen LogP contribution is -2.53. The van der Waals surface area contributed by atoms with Crippen LogP contribution in [0.5, 0.6) is 0 Å². The van der Waals surface area contributed by atoms with Crippen LogP contribution in [0.25, 0.3) is 11.1 Å². The Morgan fingerprint density at radius 3 is 2.39 bits per heavy atom. The Hall–Kier alpha value is -3.44. The fourth-order valence-corrected chi connectivity index (χ4v) is 4.58. The van der Waals surface area contributed by atoms with Crippen LogP contribution < -0.4 is 16.4 Å². The van der Waals surface area contributed by atoms with Crippen molar-refractivity contribution in [3.63, 3.8) is 0 Å². The summed E-state index contributed by atoms with van der Waals surface area (Å²) in [5.41, 5.74) is 13.8. The van der Waals surface area contributed by atoms with Gasteiger partial charge in [0.2, 0.25) is 0 Å². The first-order valence-electron chi connectivity index (χ1n) is 11.7. The Morgan fingerprint density at radius 1 is 1.00 bits per heavy atom. The summed E-state index contributed by atoms with van der Waals surface area (Å²) in [5.74, 6) is 1.50. The number of hydrogen-bond donors (Lipinski definition) is 2. The Morgan fingerprint density at radius 2 is 1.75 bits per heavy atom. The van der Waals surface area contributed by atoms with Gasteiger partial charge in [-0.25, -0.2) is 15.0 Å². The summed E-state index contributed by atoms with van der Waals surface area (Å²) in [5, 5.41) is 0. The van der Waals surface area contributed by atoms with E-state index in [-0.39, 0.29) is 12.5 Å². The minimum absolute atomic E-state index is 0.0318. The van der Waals surface area contributed by atoms with Crippen LogP contribution in [0.3, 0.4) is 0 Å². The Balaban J connectivity index is 1.53. The van der Waals surface area contributed by atoms with Crippen LogP contribution in [0.1, 0.15) is 6.42 Å². The second kappa shape index (κ2) is 10.7. The molecule has 2 aromatic heterocycles. The van der Waals surface area contributed by atoms with E-state index in [0.29, 0.717) is 49.9 Å². The molecular formula is C25H31F3N8. The molecule has 1 fully saturated rings. The zero-order chi connectivity index (χ0) is 25.9. The van der Waals surface area contributed by atoms with Gasteiger partial charge in [-0.3, -0.25) is 4.90 Å². The van der Waals surface area contributed by atoms with E-state index in [1.165, 1.54) is 18.5 Å². The molecule has 2 aliphatic rings. The monoisotopic (exact) mass is 500 g/mol. The molecule has 0 spiro atoms. The summed E-state index contributed by atoms with van der Waals surface area (Å²) in [6.45, 7) is 3.48. The molecule has 0 radical (unpaired) electrons. The van der Waals surface area contributed by atoms with Crippen molar-refractivity contribution in [2.75, 3.05) is 63.2 Å². The predicted molar refractivity (Wildman–Crippen MR) is 136 cm³/mol. The summed E-state index contributed by atoms with van der Waals surface area (Å²) >= 11 is 0. The minimum Gasteiger partial charge on any atom is -0.384 e. The number of nitrogen functional groups attached to an aromatic ring is 2. The van der Waals surface area contributed by atoms with E-state index < -0.39 is 11.7 Å². The molecule has 192 valence electrons. The van der Waals surface area contributed by atoms with E-state index in [4.69, 9.17) is 11.5 Å². The first-order chi connectivity index (χ1) is 17.1. The van der Waals surface area contributed by atoms with Crippen molar-refractivity contribution in [1.82, 2.24) is 24.8 Å². The molecule has 0 saturated carbocycles. The van der Waals surface area contributed by atoms with Gasteiger partial charge in [-0.2, -0.15) is 13.2 Å². The molecule has 1 unspecified atom stereocenters. The summed E-state index contributed by atoms with van der Waals surface area (Å²) in [6, 6.07) is 3.52. The highest BCUT2D eigenvalue weighted by Crippen LogP contribution is 2.34. The maximum absolute atomic E-state index is 13.2. The zero-order valence-electron chi connectivity index (χ0n) is 20.4. The molecule has 1 atom stereocenters. The van der Waals surface area contributed by atoms with E-state index in [1.807, 2.05) is 26.2 Å². The van der Waals surface area contributed by atoms with Crippen molar-refractivity contribution < 1.29 is 13.2 Å². The standard InChI is InChI=1S/C25H31F3N8/c1-34(2)15-20(17-4-3-5-19(8-6-17)25(26,27)28)35-10-12-36(13-11-35)24-22(23(30)32-16-33-24)18-7-9-21(29)31-14-18/h4-9,14,16,20H,3,10-13,15H2,1-2H3,(H2,29,31)(H2,30,32,33). The molecule has 8 nitrogen and oxygen atoms in total. The zero-order valence-corrected chi connectivity index (χ0v) is 20.4. The van der Waals surface area contributed by atoms with Crippen LogP contribution in [0.2, 0.25) is 0 Å². The number of rotatable bonds is 6. The van der Waals surface area contributed by atoms with Gasteiger partial charge in [-0.1, -0.05) is 24.3 Å². The van der Waals surface area contributed by atoms with Crippen molar-refractivity contribution in [2.45, 2.75) is 18.6 Å². The summed E-state index contributed by atoms with van der Waals surface area (Å²) in [7, 11) is 3.94. The lowest BCUT2D eigenvalue weighted by atomic mass is 10.0. The van der Waals surface area contributed by atoms with Gasteiger partial charge < -0.3 is 21.3 Å². The van der Waals surface area contributed by atoms with Gasteiger partial charge in [-0.15, -0.1) is 0 Å². The summed E-state index contributed by atoms with van der Waals surface area (Å²) < 4.78 is 39.7. The number of hydrogen-bond acceptors (Lipinski definition) is 8. The number of allylic oxidation sites excluding steroid dienone is 4. The molecule has 3 heterocycles. The minimum atomic E-state index is -4.35. The van der Waals surface area contributed by atoms with Crippen molar-refractivity contribution in [3.8, 4) is 11.1 Å². The molecule has 36 heavy (non-hydrogen) atoms. The third kappa shape index (κ3) is 5.85. The van der Waals surface area contributed by atoms with E-state index in [9.17, 15) is 13.2 Å².